The van der Waals surface area contributed by atoms with Gasteiger partial charge in [-0.15, -0.1) is 0 Å². The summed E-state index contributed by atoms with van der Waals surface area (Å²) in [6.07, 6.45) is 3.85. The van der Waals surface area contributed by atoms with Crippen molar-refractivity contribution in [2.24, 2.45) is 0 Å². The molecule has 3 aromatic carbocycles. The standard InChI is InChI=1S/C29H30BrCl2N3O4S/c1-20(29(37)33-22-8-5-6-9-22)34(18-25-26(31)12-7-13-27(25)32)28(36)19-35(23-16-14-21(30)15-17-23)40(38,39)24-10-3-2-4-11-24/h2-4,7,10-17,20,22H,5-6,8-9,18-19H2,1H3,(H,33,37). The lowest BCUT2D eigenvalue weighted by Gasteiger charge is -2.33. The lowest BCUT2D eigenvalue weighted by molar-refractivity contribution is -0.139. The highest BCUT2D eigenvalue weighted by molar-refractivity contribution is 9.10. The summed E-state index contributed by atoms with van der Waals surface area (Å²) in [5.41, 5.74) is 0.778. The normalized spacial score (nSPS) is 14.5. The molecule has 0 aliphatic heterocycles. The number of benzene rings is 3. The zero-order valence-corrected chi connectivity index (χ0v) is 25.8. The molecule has 1 atom stereocenters. The van der Waals surface area contributed by atoms with E-state index in [1.807, 2.05) is 0 Å². The van der Waals surface area contributed by atoms with Crippen LogP contribution in [0.3, 0.4) is 0 Å². The molecule has 0 radical (unpaired) electrons. The molecular weight excluding hydrogens is 637 g/mol. The maximum Gasteiger partial charge on any atom is 0.264 e. The van der Waals surface area contributed by atoms with Crippen molar-refractivity contribution in [2.75, 3.05) is 10.8 Å². The number of anilines is 1. The molecule has 2 amide bonds. The van der Waals surface area contributed by atoms with Crippen LogP contribution in [-0.2, 0) is 26.2 Å². The van der Waals surface area contributed by atoms with Crippen molar-refractivity contribution in [3.63, 3.8) is 0 Å². The smallest absolute Gasteiger partial charge is 0.264 e. The van der Waals surface area contributed by atoms with E-state index in [0.29, 0.717) is 21.3 Å². The van der Waals surface area contributed by atoms with Crippen molar-refractivity contribution < 1.29 is 18.0 Å². The first-order valence-corrected chi connectivity index (χ1v) is 15.9. The number of rotatable bonds is 10. The van der Waals surface area contributed by atoms with Crippen LogP contribution < -0.4 is 9.62 Å². The highest BCUT2D eigenvalue weighted by Crippen LogP contribution is 2.29. The van der Waals surface area contributed by atoms with Crippen molar-refractivity contribution >= 4 is 66.7 Å². The molecule has 1 aliphatic carbocycles. The maximum atomic E-state index is 14.0. The minimum atomic E-state index is -4.13. The van der Waals surface area contributed by atoms with Gasteiger partial charge in [0.15, 0.2) is 0 Å². The van der Waals surface area contributed by atoms with E-state index in [1.54, 1.807) is 67.6 Å². The van der Waals surface area contributed by atoms with Gasteiger partial charge in [0.25, 0.3) is 10.0 Å². The first kappa shape index (κ1) is 30.4. The summed E-state index contributed by atoms with van der Waals surface area (Å²) in [4.78, 5) is 28.7. The average molecular weight is 667 g/mol. The van der Waals surface area contributed by atoms with E-state index < -0.39 is 28.5 Å². The van der Waals surface area contributed by atoms with Gasteiger partial charge in [0.05, 0.1) is 10.6 Å². The summed E-state index contributed by atoms with van der Waals surface area (Å²) < 4.78 is 29.4. The van der Waals surface area contributed by atoms with Crippen LogP contribution in [0.1, 0.15) is 38.2 Å². The van der Waals surface area contributed by atoms with E-state index in [9.17, 15) is 18.0 Å². The number of nitrogens with one attached hydrogen (secondary N) is 1. The van der Waals surface area contributed by atoms with E-state index in [2.05, 4.69) is 21.2 Å². The van der Waals surface area contributed by atoms with Crippen molar-refractivity contribution in [2.45, 2.75) is 56.1 Å². The molecule has 0 heterocycles. The number of halogens is 3. The largest absolute Gasteiger partial charge is 0.352 e. The first-order valence-electron chi connectivity index (χ1n) is 12.9. The Balaban J connectivity index is 1.70. The van der Waals surface area contributed by atoms with Gasteiger partial charge in [-0.3, -0.25) is 13.9 Å². The zero-order valence-electron chi connectivity index (χ0n) is 21.9. The van der Waals surface area contributed by atoms with Crippen LogP contribution in [0.25, 0.3) is 0 Å². The van der Waals surface area contributed by atoms with Crippen LogP contribution in [0.15, 0.2) is 82.2 Å². The summed E-state index contributed by atoms with van der Waals surface area (Å²) in [6.45, 7) is 1.01. The zero-order chi connectivity index (χ0) is 28.9. The summed E-state index contributed by atoms with van der Waals surface area (Å²) in [7, 11) is -4.13. The molecule has 40 heavy (non-hydrogen) atoms. The molecule has 212 valence electrons. The molecule has 1 aliphatic rings. The van der Waals surface area contributed by atoms with E-state index in [4.69, 9.17) is 23.2 Å². The van der Waals surface area contributed by atoms with Gasteiger partial charge in [0.1, 0.15) is 12.6 Å². The lowest BCUT2D eigenvalue weighted by atomic mass is 10.1. The predicted molar refractivity (Wildman–Crippen MR) is 162 cm³/mol. The molecule has 1 N–H and O–H groups in total. The van der Waals surface area contributed by atoms with Crippen LogP contribution in [0.4, 0.5) is 5.69 Å². The van der Waals surface area contributed by atoms with Gasteiger partial charge in [0, 0.05) is 32.7 Å². The molecule has 0 saturated heterocycles. The maximum absolute atomic E-state index is 14.0. The van der Waals surface area contributed by atoms with Gasteiger partial charge in [-0.2, -0.15) is 0 Å². The number of amides is 2. The number of carbonyl (C=O) groups excluding carboxylic acids is 2. The number of carbonyl (C=O) groups is 2. The van der Waals surface area contributed by atoms with E-state index in [-0.39, 0.29) is 23.4 Å². The number of hydrogen-bond donors (Lipinski definition) is 1. The topological polar surface area (TPSA) is 86.8 Å². The molecule has 1 fully saturated rings. The molecule has 0 aromatic heterocycles. The Morgan fingerprint density at radius 3 is 2.15 bits per heavy atom. The van der Waals surface area contributed by atoms with Crippen LogP contribution in [0, 0.1) is 0 Å². The molecule has 0 bridgehead atoms. The lowest BCUT2D eigenvalue weighted by Crippen LogP contribution is -2.52. The van der Waals surface area contributed by atoms with E-state index in [0.717, 1.165) is 34.5 Å². The predicted octanol–water partition coefficient (Wildman–Crippen LogP) is 6.43. The molecule has 4 rings (SSSR count). The Morgan fingerprint density at radius 2 is 1.55 bits per heavy atom. The van der Waals surface area contributed by atoms with E-state index >= 15 is 0 Å². The highest BCUT2D eigenvalue weighted by atomic mass is 79.9. The highest BCUT2D eigenvalue weighted by Gasteiger charge is 2.34. The molecule has 3 aromatic rings. The van der Waals surface area contributed by atoms with Crippen LogP contribution in [-0.4, -0.2) is 43.8 Å². The third kappa shape index (κ3) is 7.18. The Hall–Kier alpha value is -2.59. The van der Waals surface area contributed by atoms with Crippen LogP contribution in [0.5, 0.6) is 0 Å². The van der Waals surface area contributed by atoms with Gasteiger partial charge in [-0.25, -0.2) is 8.42 Å². The number of hydrogen-bond acceptors (Lipinski definition) is 4. The Labute approximate surface area is 253 Å². The van der Waals surface area contributed by atoms with Crippen LogP contribution >= 0.6 is 39.1 Å². The molecule has 0 spiro atoms. The molecular formula is C29H30BrCl2N3O4S. The molecule has 11 heteroatoms. The van der Waals surface area contributed by atoms with Crippen LogP contribution in [0.2, 0.25) is 10.0 Å². The Kier molecular flexibility index (Phi) is 10.2. The molecule has 7 nitrogen and oxygen atoms in total. The minimum Gasteiger partial charge on any atom is -0.352 e. The van der Waals surface area contributed by atoms with Gasteiger partial charge in [-0.1, -0.05) is 76.2 Å². The third-order valence-electron chi connectivity index (χ3n) is 6.98. The summed E-state index contributed by atoms with van der Waals surface area (Å²) >= 11 is 16.2. The molecule has 1 unspecified atom stereocenters. The Morgan fingerprint density at radius 1 is 0.950 bits per heavy atom. The quantitative estimate of drug-likeness (QED) is 0.270. The van der Waals surface area contributed by atoms with Crippen molar-refractivity contribution in [1.29, 1.82) is 0 Å². The summed E-state index contributed by atoms with van der Waals surface area (Å²) in [5, 5.41) is 3.73. The second-order valence-corrected chi connectivity index (χ2v) is 13.3. The van der Waals surface area contributed by atoms with Crippen molar-refractivity contribution in [3.8, 4) is 0 Å². The first-order chi connectivity index (χ1) is 19.1. The second-order valence-electron chi connectivity index (χ2n) is 9.69. The fraction of sp³-hybridized carbons (Fsp3) is 0.310. The van der Waals surface area contributed by atoms with Crippen molar-refractivity contribution in [1.82, 2.24) is 10.2 Å². The van der Waals surface area contributed by atoms with Gasteiger partial charge >= 0.3 is 0 Å². The number of sulfonamides is 1. The average Bonchev–Trinajstić information content (AvgIpc) is 3.45. The molecule has 1 saturated carbocycles. The minimum absolute atomic E-state index is 0.0402. The SMILES string of the molecule is CC(C(=O)NC1CCCC1)N(Cc1c(Cl)cccc1Cl)C(=O)CN(c1ccc(Br)cc1)S(=O)(=O)c1ccccc1. The Bertz CT molecular complexity index is 1430. The van der Waals surface area contributed by atoms with Gasteiger partial charge < -0.3 is 10.2 Å². The third-order valence-corrected chi connectivity index (χ3v) is 10.0. The monoisotopic (exact) mass is 665 g/mol. The second kappa shape index (κ2) is 13.4. The van der Waals surface area contributed by atoms with Gasteiger partial charge in [-0.05, 0) is 68.3 Å². The number of nitrogens with zero attached hydrogens (tertiary/aromatic N) is 2. The fourth-order valence-electron chi connectivity index (χ4n) is 4.68. The fourth-order valence-corrected chi connectivity index (χ4v) is 6.90. The van der Waals surface area contributed by atoms with Crippen molar-refractivity contribution in [3.05, 3.63) is 92.9 Å². The van der Waals surface area contributed by atoms with Gasteiger partial charge in [0.2, 0.25) is 11.8 Å². The summed E-state index contributed by atoms with van der Waals surface area (Å²) in [6, 6.07) is 18.7. The summed E-state index contributed by atoms with van der Waals surface area (Å²) in [5.74, 6) is -0.892. The van der Waals surface area contributed by atoms with E-state index in [1.165, 1.54) is 17.0 Å².